The Morgan fingerprint density at radius 2 is 2.17 bits per heavy atom. The summed E-state index contributed by atoms with van der Waals surface area (Å²) in [6, 6.07) is 4.27. The van der Waals surface area contributed by atoms with E-state index in [1.54, 1.807) is 6.07 Å². The van der Waals surface area contributed by atoms with Crippen LogP contribution in [0.3, 0.4) is 0 Å². The van der Waals surface area contributed by atoms with Crippen LogP contribution in [0.2, 0.25) is 0 Å². The molecule has 7 heteroatoms. The van der Waals surface area contributed by atoms with Gasteiger partial charge in [-0.05, 0) is 40.5 Å². The van der Waals surface area contributed by atoms with Crippen LogP contribution in [0.15, 0.2) is 27.6 Å². The smallest absolute Gasteiger partial charge is 0.240 e. The second-order valence-corrected chi connectivity index (χ2v) is 6.43. The Morgan fingerprint density at radius 1 is 1.50 bits per heavy atom. The second-order valence-electron chi connectivity index (χ2n) is 3.87. The van der Waals surface area contributed by atoms with E-state index in [-0.39, 0.29) is 10.9 Å². The maximum Gasteiger partial charge on any atom is 0.240 e. The quantitative estimate of drug-likeness (QED) is 0.775. The van der Waals surface area contributed by atoms with Crippen molar-refractivity contribution in [3.63, 3.8) is 0 Å². The van der Waals surface area contributed by atoms with Gasteiger partial charge in [0, 0.05) is 23.3 Å². The molecule has 1 aromatic rings. The van der Waals surface area contributed by atoms with Gasteiger partial charge in [0.25, 0.3) is 0 Å². The van der Waals surface area contributed by atoms with Gasteiger partial charge in [0.05, 0.1) is 11.5 Å². The van der Waals surface area contributed by atoms with Crippen LogP contribution in [-0.2, 0) is 14.8 Å². The standard InChI is InChI=1S/C11H17BrN2O3S/c1-3-8(7-17-2)14-18(15,16)9-4-5-11(13)10(12)6-9/h4-6,8,14H,3,7,13H2,1-2H3. The normalized spacial score (nSPS) is 13.5. The summed E-state index contributed by atoms with van der Waals surface area (Å²) in [7, 11) is -2.01. The van der Waals surface area contributed by atoms with Gasteiger partial charge in [-0.3, -0.25) is 0 Å². The van der Waals surface area contributed by atoms with Crippen LogP contribution < -0.4 is 10.5 Å². The molecule has 0 fully saturated rings. The molecule has 0 amide bonds. The topological polar surface area (TPSA) is 81.4 Å². The van der Waals surface area contributed by atoms with Crippen LogP contribution in [0.25, 0.3) is 0 Å². The van der Waals surface area contributed by atoms with Crippen molar-refractivity contribution in [1.29, 1.82) is 0 Å². The summed E-state index contributed by atoms with van der Waals surface area (Å²) in [5.74, 6) is 0. The highest BCUT2D eigenvalue weighted by atomic mass is 79.9. The monoisotopic (exact) mass is 336 g/mol. The molecule has 0 aliphatic carbocycles. The molecule has 102 valence electrons. The second kappa shape index (κ2) is 6.51. The van der Waals surface area contributed by atoms with E-state index < -0.39 is 10.0 Å². The fraction of sp³-hybridized carbons (Fsp3) is 0.455. The number of ether oxygens (including phenoxy) is 1. The van der Waals surface area contributed by atoms with Crippen molar-refractivity contribution in [2.75, 3.05) is 19.5 Å². The zero-order chi connectivity index (χ0) is 13.8. The predicted molar refractivity (Wildman–Crippen MR) is 74.8 cm³/mol. The summed E-state index contributed by atoms with van der Waals surface area (Å²) in [6.07, 6.45) is 0.656. The number of nitrogens with two attached hydrogens (primary N) is 1. The SMILES string of the molecule is CCC(COC)NS(=O)(=O)c1ccc(N)c(Br)c1. The minimum absolute atomic E-state index is 0.179. The van der Waals surface area contributed by atoms with Crippen LogP contribution >= 0.6 is 15.9 Å². The van der Waals surface area contributed by atoms with Crippen molar-refractivity contribution < 1.29 is 13.2 Å². The summed E-state index contributed by atoms with van der Waals surface area (Å²) in [6.45, 7) is 2.23. The molecule has 1 aromatic carbocycles. The van der Waals surface area contributed by atoms with Crippen LogP contribution in [0.1, 0.15) is 13.3 Å². The van der Waals surface area contributed by atoms with Crippen molar-refractivity contribution in [2.24, 2.45) is 0 Å². The van der Waals surface area contributed by atoms with Crippen LogP contribution in [0.5, 0.6) is 0 Å². The molecule has 0 saturated heterocycles. The third kappa shape index (κ3) is 3.94. The summed E-state index contributed by atoms with van der Waals surface area (Å²) in [5, 5.41) is 0. The summed E-state index contributed by atoms with van der Waals surface area (Å²) in [4.78, 5) is 0.179. The highest BCUT2D eigenvalue weighted by molar-refractivity contribution is 9.10. The van der Waals surface area contributed by atoms with Gasteiger partial charge >= 0.3 is 0 Å². The van der Waals surface area contributed by atoms with Crippen LogP contribution in [0.4, 0.5) is 5.69 Å². The minimum atomic E-state index is -3.55. The molecular formula is C11H17BrN2O3S. The third-order valence-electron chi connectivity index (χ3n) is 2.46. The van der Waals surface area contributed by atoms with Crippen LogP contribution in [0, 0.1) is 0 Å². The molecule has 0 aromatic heterocycles. The van der Waals surface area contributed by atoms with E-state index in [0.29, 0.717) is 23.2 Å². The highest BCUT2D eigenvalue weighted by Gasteiger charge is 2.19. The Morgan fingerprint density at radius 3 is 2.67 bits per heavy atom. The Bertz CT molecular complexity index is 505. The fourth-order valence-corrected chi connectivity index (χ4v) is 3.26. The Kier molecular flexibility index (Phi) is 5.58. The lowest BCUT2D eigenvalue weighted by atomic mass is 10.3. The molecule has 0 spiro atoms. The van der Waals surface area contributed by atoms with Crippen molar-refractivity contribution in [3.05, 3.63) is 22.7 Å². The molecule has 1 unspecified atom stereocenters. The lowest BCUT2D eigenvalue weighted by molar-refractivity contribution is 0.173. The molecule has 0 saturated carbocycles. The van der Waals surface area contributed by atoms with Crippen LogP contribution in [-0.4, -0.2) is 28.2 Å². The van der Waals surface area contributed by atoms with Gasteiger partial charge in [0.2, 0.25) is 10.0 Å². The number of nitrogen functional groups attached to an aromatic ring is 1. The van der Waals surface area contributed by atoms with Gasteiger partial charge in [-0.1, -0.05) is 6.92 Å². The van der Waals surface area contributed by atoms with E-state index in [1.165, 1.54) is 19.2 Å². The molecule has 18 heavy (non-hydrogen) atoms. The molecule has 5 nitrogen and oxygen atoms in total. The summed E-state index contributed by atoms with van der Waals surface area (Å²) >= 11 is 3.21. The van der Waals surface area contributed by atoms with Gasteiger partial charge < -0.3 is 10.5 Å². The lowest BCUT2D eigenvalue weighted by Crippen LogP contribution is -2.37. The number of anilines is 1. The van der Waals surface area contributed by atoms with E-state index in [1.807, 2.05) is 6.92 Å². The van der Waals surface area contributed by atoms with Crippen molar-refractivity contribution in [3.8, 4) is 0 Å². The largest absolute Gasteiger partial charge is 0.398 e. The zero-order valence-corrected chi connectivity index (χ0v) is 12.7. The Balaban J connectivity index is 2.95. The average molecular weight is 337 g/mol. The number of hydrogen-bond donors (Lipinski definition) is 2. The first-order valence-electron chi connectivity index (χ1n) is 5.47. The zero-order valence-electron chi connectivity index (χ0n) is 10.3. The fourth-order valence-electron chi connectivity index (χ4n) is 1.40. The predicted octanol–water partition coefficient (Wildman–Crippen LogP) is 1.73. The van der Waals surface area contributed by atoms with Gasteiger partial charge in [-0.15, -0.1) is 0 Å². The molecule has 1 rings (SSSR count). The number of sulfonamides is 1. The first kappa shape index (κ1) is 15.4. The maximum absolute atomic E-state index is 12.1. The average Bonchev–Trinajstić information content (AvgIpc) is 2.31. The molecule has 0 bridgehead atoms. The number of benzene rings is 1. The molecule has 3 N–H and O–H groups in total. The Labute approximate surface area is 116 Å². The number of methoxy groups -OCH3 is 1. The lowest BCUT2D eigenvalue weighted by Gasteiger charge is -2.16. The van der Waals surface area contributed by atoms with Gasteiger partial charge in [0.15, 0.2) is 0 Å². The van der Waals surface area contributed by atoms with Gasteiger partial charge in [-0.25, -0.2) is 13.1 Å². The number of nitrogens with one attached hydrogen (secondary N) is 1. The molecule has 1 atom stereocenters. The van der Waals surface area contributed by atoms with Crippen molar-refractivity contribution in [1.82, 2.24) is 4.72 Å². The molecule has 0 heterocycles. The Hall–Kier alpha value is -0.630. The first-order chi connectivity index (χ1) is 8.40. The first-order valence-corrected chi connectivity index (χ1v) is 7.74. The number of halogens is 1. The van der Waals surface area contributed by atoms with E-state index in [4.69, 9.17) is 10.5 Å². The molecule has 0 radical (unpaired) electrons. The summed E-state index contributed by atoms with van der Waals surface area (Å²) < 4.78 is 32.3. The highest BCUT2D eigenvalue weighted by Crippen LogP contribution is 2.23. The third-order valence-corrected chi connectivity index (χ3v) is 4.67. The number of rotatable bonds is 6. The molecular weight excluding hydrogens is 320 g/mol. The van der Waals surface area contributed by atoms with E-state index in [9.17, 15) is 8.42 Å². The van der Waals surface area contributed by atoms with Gasteiger partial charge in [0.1, 0.15) is 0 Å². The van der Waals surface area contributed by atoms with E-state index in [2.05, 4.69) is 20.7 Å². The van der Waals surface area contributed by atoms with Gasteiger partial charge in [-0.2, -0.15) is 0 Å². The molecule has 0 aliphatic heterocycles. The summed E-state index contributed by atoms with van der Waals surface area (Å²) in [5.41, 5.74) is 6.12. The van der Waals surface area contributed by atoms with Crippen molar-refractivity contribution >= 4 is 31.6 Å². The van der Waals surface area contributed by atoms with Crippen molar-refractivity contribution in [2.45, 2.75) is 24.3 Å². The molecule has 0 aliphatic rings. The minimum Gasteiger partial charge on any atom is -0.398 e. The maximum atomic E-state index is 12.1. The van der Waals surface area contributed by atoms with E-state index >= 15 is 0 Å². The van der Waals surface area contributed by atoms with E-state index in [0.717, 1.165) is 0 Å². The number of hydrogen-bond acceptors (Lipinski definition) is 4.